The fraction of sp³-hybridized carbons (Fsp3) is 0.348. The molecule has 2 heterocycles. The highest BCUT2D eigenvalue weighted by Crippen LogP contribution is 2.33. The van der Waals surface area contributed by atoms with Crippen LogP contribution in [0.3, 0.4) is 0 Å². The predicted octanol–water partition coefficient (Wildman–Crippen LogP) is 4.53. The number of ether oxygens (including phenoxy) is 3. The largest absolute Gasteiger partial charge is 0.497 e. The molecule has 0 bridgehead atoms. The van der Waals surface area contributed by atoms with Crippen molar-refractivity contribution in [2.45, 2.75) is 33.1 Å². The molecular weight excluding hydrogens is 434 g/mol. The molecule has 1 amide bonds. The van der Waals surface area contributed by atoms with E-state index in [1.54, 1.807) is 38.3 Å². The SMILES string of the molecule is CCOC(=O)c1cc(C(C)C)sc1NC(=O)COC(=O)Cc1coc2cc(OC)ccc12. The zero-order valence-electron chi connectivity index (χ0n) is 18.4. The second-order valence-corrected chi connectivity index (χ2v) is 8.36. The van der Waals surface area contributed by atoms with Crippen molar-refractivity contribution in [2.24, 2.45) is 0 Å². The molecule has 0 saturated heterocycles. The van der Waals surface area contributed by atoms with Gasteiger partial charge in [-0.05, 0) is 31.0 Å². The van der Waals surface area contributed by atoms with Gasteiger partial charge >= 0.3 is 11.9 Å². The summed E-state index contributed by atoms with van der Waals surface area (Å²) in [5.74, 6) is -0.789. The van der Waals surface area contributed by atoms with E-state index in [9.17, 15) is 14.4 Å². The van der Waals surface area contributed by atoms with Crippen LogP contribution in [0.1, 0.15) is 47.5 Å². The Morgan fingerprint density at radius 2 is 1.94 bits per heavy atom. The Morgan fingerprint density at radius 1 is 1.16 bits per heavy atom. The molecule has 0 aliphatic rings. The first-order valence-electron chi connectivity index (χ1n) is 10.1. The molecule has 0 fully saturated rings. The summed E-state index contributed by atoms with van der Waals surface area (Å²) in [6.07, 6.45) is 1.44. The minimum absolute atomic E-state index is 0.0445. The number of esters is 2. The van der Waals surface area contributed by atoms with Crippen LogP contribution in [0.25, 0.3) is 11.0 Å². The molecule has 32 heavy (non-hydrogen) atoms. The van der Waals surface area contributed by atoms with Crippen LogP contribution in [0.4, 0.5) is 5.00 Å². The van der Waals surface area contributed by atoms with E-state index in [0.717, 1.165) is 10.3 Å². The molecular formula is C23H25NO7S. The number of benzene rings is 1. The molecule has 0 saturated carbocycles. The van der Waals surface area contributed by atoms with Crippen molar-refractivity contribution in [2.75, 3.05) is 25.6 Å². The number of nitrogens with one attached hydrogen (secondary N) is 1. The molecule has 1 aromatic carbocycles. The van der Waals surface area contributed by atoms with E-state index in [-0.39, 0.29) is 18.9 Å². The Labute approximate surface area is 189 Å². The Balaban J connectivity index is 1.60. The second-order valence-electron chi connectivity index (χ2n) is 7.28. The maximum atomic E-state index is 12.3. The number of rotatable bonds is 9. The van der Waals surface area contributed by atoms with Gasteiger partial charge in [0.2, 0.25) is 0 Å². The van der Waals surface area contributed by atoms with Gasteiger partial charge in [0.1, 0.15) is 16.3 Å². The van der Waals surface area contributed by atoms with E-state index in [2.05, 4.69) is 5.32 Å². The van der Waals surface area contributed by atoms with E-state index >= 15 is 0 Å². The number of hydrogen-bond donors (Lipinski definition) is 1. The lowest BCUT2D eigenvalue weighted by molar-refractivity contribution is -0.146. The Kier molecular flexibility index (Phi) is 7.53. The third-order valence-electron chi connectivity index (χ3n) is 4.63. The van der Waals surface area contributed by atoms with Crippen LogP contribution in [-0.4, -0.2) is 38.2 Å². The molecule has 170 valence electrons. The van der Waals surface area contributed by atoms with Gasteiger partial charge in [-0.2, -0.15) is 0 Å². The quantitative estimate of drug-likeness (QED) is 0.469. The molecule has 3 rings (SSSR count). The molecule has 1 N–H and O–H groups in total. The zero-order valence-corrected chi connectivity index (χ0v) is 19.2. The summed E-state index contributed by atoms with van der Waals surface area (Å²) in [5, 5.41) is 3.80. The number of thiophene rings is 1. The monoisotopic (exact) mass is 459 g/mol. The number of furan rings is 1. The Bertz CT molecular complexity index is 1130. The van der Waals surface area contributed by atoms with Crippen LogP contribution in [0.2, 0.25) is 0 Å². The van der Waals surface area contributed by atoms with Crippen LogP contribution in [0.5, 0.6) is 5.75 Å². The average molecular weight is 460 g/mol. The normalized spacial score (nSPS) is 10.9. The lowest BCUT2D eigenvalue weighted by atomic mass is 10.1. The van der Waals surface area contributed by atoms with Gasteiger partial charge in [-0.1, -0.05) is 13.8 Å². The predicted molar refractivity (Wildman–Crippen MR) is 120 cm³/mol. The van der Waals surface area contributed by atoms with Crippen molar-refractivity contribution in [3.8, 4) is 5.75 Å². The smallest absolute Gasteiger partial charge is 0.341 e. The molecule has 0 radical (unpaired) electrons. The number of hydrogen-bond acceptors (Lipinski definition) is 8. The highest BCUT2D eigenvalue weighted by Gasteiger charge is 2.21. The maximum Gasteiger partial charge on any atom is 0.341 e. The third kappa shape index (κ3) is 5.47. The van der Waals surface area contributed by atoms with Gasteiger partial charge in [-0.15, -0.1) is 11.3 Å². The Hall–Kier alpha value is -3.33. The molecule has 8 nitrogen and oxygen atoms in total. The number of methoxy groups -OCH3 is 1. The van der Waals surface area contributed by atoms with Crippen LogP contribution in [-0.2, 0) is 25.5 Å². The van der Waals surface area contributed by atoms with Gasteiger partial charge in [-0.3, -0.25) is 9.59 Å². The molecule has 0 spiro atoms. The summed E-state index contributed by atoms with van der Waals surface area (Å²) < 4.78 is 20.8. The van der Waals surface area contributed by atoms with Gasteiger partial charge in [0, 0.05) is 21.9 Å². The maximum absolute atomic E-state index is 12.3. The number of fused-ring (bicyclic) bond motifs is 1. The van der Waals surface area contributed by atoms with Gasteiger partial charge in [-0.25, -0.2) is 4.79 Å². The molecule has 0 atom stereocenters. The summed E-state index contributed by atoms with van der Waals surface area (Å²) in [6.45, 7) is 5.45. The second kappa shape index (κ2) is 10.3. The van der Waals surface area contributed by atoms with Crippen molar-refractivity contribution >= 4 is 45.2 Å². The molecule has 9 heteroatoms. The standard InChI is InChI=1S/C23H25NO7S/c1-5-29-23(27)17-10-19(13(2)3)32-22(17)24-20(25)12-31-21(26)8-14-11-30-18-9-15(28-4)6-7-16(14)18/h6-7,9-11,13H,5,8,12H2,1-4H3,(H,24,25). The van der Waals surface area contributed by atoms with Crippen LogP contribution >= 0.6 is 11.3 Å². The molecule has 0 aliphatic carbocycles. The number of carbonyl (C=O) groups excluding carboxylic acids is 3. The summed E-state index contributed by atoms with van der Waals surface area (Å²) in [7, 11) is 1.56. The van der Waals surface area contributed by atoms with E-state index < -0.39 is 24.5 Å². The topological polar surface area (TPSA) is 104 Å². The van der Waals surface area contributed by atoms with Crippen molar-refractivity contribution in [1.29, 1.82) is 0 Å². The zero-order chi connectivity index (χ0) is 23.3. The van der Waals surface area contributed by atoms with Crippen LogP contribution in [0, 0.1) is 0 Å². The van der Waals surface area contributed by atoms with Gasteiger partial charge < -0.3 is 23.9 Å². The van der Waals surface area contributed by atoms with E-state index in [0.29, 0.717) is 27.5 Å². The van der Waals surface area contributed by atoms with Crippen LogP contribution < -0.4 is 10.1 Å². The summed E-state index contributed by atoms with van der Waals surface area (Å²) in [5.41, 5.74) is 1.54. The summed E-state index contributed by atoms with van der Waals surface area (Å²) >= 11 is 1.30. The summed E-state index contributed by atoms with van der Waals surface area (Å²) in [6, 6.07) is 7.01. The van der Waals surface area contributed by atoms with E-state index in [1.165, 1.54) is 17.6 Å². The third-order valence-corrected chi connectivity index (χ3v) is 5.98. The van der Waals surface area contributed by atoms with Crippen molar-refractivity contribution in [3.05, 3.63) is 46.5 Å². The summed E-state index contributed by atoms with van der Waals surface area (Å²) in [4.78, 5) is 37.7. The lowest BCUT2D eigenvalue weighted by Crippen LogP contribution is -2.22. The average Bonchev–Trinajstić information content (AvgIpc) is 3.36. The van der Waals surface area contributed by atoms with E-state index in [4.69, 9.17) is 18.6 Å². The molecule has 0 unspecified atom stereocenters. The highest BCUT2D eigenvalue weighted by molar-refractivity contribution is 7.16. The highest BCUT2D eigenvalue weighted by atomic mass is 32.1. The van der Waals surface area contributed by atoms with Crippen LogP contribution in [0.15, 0.2) is 34.9 Å². The van der Waals surface area contributed by atoms with Gasteiger partial charge in [0.15, 0.2) is 6.61 Å². The fourth-order valence-electron chi connectivity index (χ4n) is 2.99. The first kappa shape index (κ1) is 23.3. The van der Waals surface area contributed by atoms with Crippen molar-refractivity contribution < 1.29 is 33.0 Å². The van der Waals surface area contributed by atoms with Gasteiger partial charge in [0.05, 0.1) is 32.0 Å². The van der Waals surface area contributed by atoms with Gasteiger partial charge in [0.25, 0.3) is 5.91 Å². The number of carbonyl (C=O) groups is 3. The fourth-order valence-corrected chi connectivity index (χ4v) is 4.06. The minimum Gasteiger partial charge on any atom is -0.497 e. The van der Waals surface area contributed by atoms with Crippen molar-refractivity contribution in [1.82, 2.24) is 0 Å². The minimum atomic E-state index is -0.571. The number of amides is 1. The lowest BCUT2D eigenvalue weighted by Gasteiger charge is -2.07. The molecule has 3 aromatic rings. The van der Waals surface area contributed by atoms with Crippen molar-refractivity contribution in [3.63, 3.8) is 0 Å². The number of anilines is 1. The molecule has 0 aliphatic heterocycles. The first-order chi connectivity index (χ1) is 15.3. The first-order valence-corrected chi connectivity index (χ1v) is 10.9. The van der Waals surface area contributed by atoms with E-state index in [1.807, 2.05) is 13.8 Å². The Morgan fingerprint density at radius 3 is 2.62 bits per heavy atom. The molecule has 2 aromatic heterocycles.